The molecule has 1 heterocycles. The van der Waals surface area contributed by atoms with Crippen LogP contribution in [0.4, 0.5) is 9.18 Å². The number of carbonyl (C=O) groups excluding carboxylic acids is 2. The van der Waals surface area contributed by atoms with E-state index in [-0.39, 0.29) is 24.7 Å². The van der Waals surface area contributed by atoms with E-state index < -0.39 is 11.9 Å². The van der Waals surface area contributed by atoms with Crippen molar-refractivity contribution in [2.45, 2.75) is 13.5 Å². The maximum Gasteiger partial charge on any atom is 0.328 e. The first-order valence-electron chi connectivity index (χ1n) is 8.52. The number of amides is 3. The van der Waals surface area contributed by atoms with E-state index in [9.17, 15) is 14.0 Å². The van der Waals surface area contributed by atoms with E-state index >= 15 is 0 Å². The molecule has 3 rings (SSSR count). The van der Waals surface area contributed by atoms with Crippen LogP contribution in [0.3, 0.4) is 0 Å². The van der Waals surface area contributed by atoms with Crippen molar-refractivity contribution < 1.29 is 23.5 Å². The Hall–Kier alpha value is -2.87. The van der Waals surface area contributed by atoms with Gasteiger partial charge in [-0.05, 0) is 36.8 Å². The number of rotatable bonds is 6. The standard InChI is InChI=1S/C20H18BrFN2O4/c1-3-24-19(25)16(23-20(24)26)8-13-9-17(27-2)18(10-14(13)21)28-11-12-6-4-5-7-15(12)22/h4-10H,3,11H2,1-2H3,(H,23,26)/b16-8+. The van der Waals surface area contributed by atoms with Crippen LogP contribution in [0.15, 0.2) is 46.6 Å². The third-order valence-corrected chi connectivity index (χ3v) is 4.89. The molecular weight excluding hydrogens is 431 g/mol. The van der Waals surface area contributed by atoms with Gasteiger partial charge in [0.2, 0.25) is 0 Å². The predicted molar refractivity (Wildman–Crippen MR) is 105 cm³/mol. The van der Waals surface area contributed by atoms with Crippen molar-refractivity contribution in [1.29, 1.82) is 0 Å². The Kier molecular flexibility index (Phi) is 5.99. The number of hydrogen-bond acceptors (Lipinski definition) is 4. The van der Waals surface area contributed by atoms with Gasteiger partial charge in [0.15, 0.2) is 11.5 Å². The molecule has 1 saturated heterocycles. The van der Waals surface area contributed by atoms with Crippen LogP contribution in [0.1, 0.15) is 18.1 Å². The fourth-order valence-corrected chi connectivity index (χ4v) is 3.16. The number of urea groups is 1. The zero-order valence-electron chi connectivity index (χ0n) is 15.3. The highest BCUT2D eigenvalue weighted by molar-refractivity contribution is 9.10. The number of nitrogens with one attached hydrogen (secondary N) is 1. The van der Waals surface area contributed by atoms with E-state index in [0.717, 1.165) is 4.90 Å². The summed E-state index contributed by atoms with van der Waals surface area (Å²) in [5.41, 5.74) is 1.22. The molecule has 0 aromatic heterocycles. The molecule has 6 nitrogen and oxygen atoms in total. The molecule has 2 aromatic rings. The largest absolute Gasteiger partial charge is 0.493 e. The van der Waals surface area contributed by atoms with Crippen LogP contribution < -0.4 is 14.8 Å². The number of likely N-dealkylation sites (N-methyl/N-ethyl adjacent to an activating group) is 1. The summed E-state index contributed by atoms with van der Waals surface area (Å²) in [6.07, 6.45) is 1.56. The Bertz CT molecular complexity index is 961. The van der Waals surface area contributed by atoms with Crippen molar-refractivity contribution in [3.8, 4) is 11.5 Å². The second-order valence-electron chi connectivity index (χ2n) is 5.94. The SMILES string of the molecule is CCN1C(=O)N/C(=C/c2cc(OC)c(OCc3ccccc3F)cc2Br)C1=O. The molecule has 0 saturated carbocycles. The number of halogens is 2. The molecule has 1 aliphatic rings. The lowest BCUT2D eigenvalue weighted by molar-refractivity contribution is -0.122. The maximum atomic E-state index is 13.8. The molecule has 146 valence electrons. The highest BCUT2D eigenvalue weighted by Crippen LogP contribution is 2.35. The summed E-state index contributed by atoms with van der Waals surface area (Å²) < 4.78 is 25.5. The van der Waals surface area contributed by atoms with Crippen LogP contribution in [0.5, 0.6) is 11.5 Å². The first-order chi connectivity index (χ1) is 13.4. The van der Waals surface area contributed by atoms with Gasteiger partial charge in [-0.1, -0.05) is 34.1 Å². The lowest BCUT2D eigenvalue weighted by Gasteiger charge is -2.13. The van der Waals surface area contributed by atoms with Crippen molar-refractivity contribution in [1.82, 2.24) is 10.2 Å². The summed E-state index contributed by atoms with van der Waals surface area (Å²) in [6, 6.07) is 9.24. The Labute approximate surface area is 170 Å². The molecule has 2 aromatic carbocycles. The Morgan fingerprint density at radius 3 is 2.61 bits per heavy atom. The molecule has 0 unspecified atom stereocenters. The molecular formula is C20H18BrFN2O4. The molecule has 1 N–H and O–H groups in total. The number of benzene rings is 2. The summed E-state index contributed by atoms with van der Waals surface area (Å²) >= 11 is 3.43. The van der Waals surface area contributed by atoms with E-state index in [1.807, 2.05) is 0 Å². The lowest BCUT2D eigenvalue weighted by Crippen LogP contribution is -2.30. The molecule has 0 radical (unpaired) electrons. The van der Waals surface area contributed by atoms with Gasteiger partial charge >= 0.3 is 6.03 Å². The number of imide groups is 1. The van der Waals surface area contributed by atoms with Gasteiger partial charge in [-0.15, -0.1) is 0 Å². The van der Waals surface area contributed by atoms with Gasteiger partial charge in [0.05, 0.1) is 7.11 Å². The fourth-order valence-electron chi connectivity index (χ4n) is 2.72. The number of hydrogen-bond donors (Lipinski definition) is 1. The molecule has 0 aliphatic carbocycles. The van der Waals surface area contributed by atoms with Gasteiger partial charge in [0.1, 0.15) is 18.1 Å². The number of ether oxygens (including phenoxy) is 2. The van der Waals surface area contributed by atoms with Gasteiger partial charge in [0.25, 0.3) is 5.91 Å². The summed E-state index contributed by atoms with van der Waals surface area (Å²) in [7, 11) is 1.48. The third-order valence-electron chi connectivity index (χ3n) is 4.20. The summed E-state index contributed by atoms with van der Waals surface area (Å²) in [5.74, 6) is 0.0864. The molecule has 1 aliphatic heterocycles. The van der Waals surface area contributed by atoms with Gasteiger partial charge in [-0.25, -0.2) is 9.18 Å². The van der Waals surface area contributed by atoms with Crippen molar-refractivity contribution in [3.05, 3.63) is 63.5 Å². The van der Waals surface area contributed by atoms with E-state index in [4.69, 9.17) is 9.47 Å². The smallest absolute Gasteiger partial charge is 0.328 e. The van der Waals surface area contributed by atoms with Crippen LogP contribution in [0.25, 0.3) is 6.08 Å². The van der Waals surface area contributed by atoms with E-state index in [0.29, 0.717) is 27.1 Å². The molecule has 3 amide bonds. The Balaban J connectivity index is 1.86. The minimum atomic E-state index is -0.452. The monoisotopic (exact) mass is 448 g/mol. The number of nitrogens with zero attached hydrogens (tertiary/aromatic N) is 1. The lowest BCUT2D eigenvalue weighted by atomic mass is 10.1. The zero-order chi connectivity index (χ0) is 20.3. The van der Waals surface area contributed by atoms with E-state index in [2.05, 4.69) is 21.2 Å². The molecule has 8 heteroatoms. The van der Waals surface area contributed by atoms with E-state index in [1.54, 1.807) is 43.3 Å². The van der Waals surface area contributed by atoms with Crippen molar-refractivity contribution >= 4 is 33.9 Å². The predicted octanol–water partition coefficient (Wildman–Crippen LogP) is 4.09. The van der Waals surface area contributed by atoms with Crippen LogP contribution in [0, 0.1) is 5.82 Å². The van der Waals surface area contributed by atoms with Crippen LogP contribution in [0.2, 0.25) is 0 Å². The Morgan fingerprint density at radius 2 is 1.96 bits per heavy atom. The maximum absolute atomic E-state index is 13.8. The second kappa shape index (κ2) is 8.43. The summed E-state index contributed by atoms with van der Waals surface area (Å²) in [5, 5.41) is 2.55. The van der Waals surface area contributed by atoms with Gasteiger partial charge in [0, 0.05) is 16.6 Å². The van der Waals surface area contributed by atoms with Crippen molar-refractivity contribution in [2.24, 2.45) is 0 Å². The van der Waals surface area contributed by atoms with Crippen LogP contribution in [-0.4, -0.2) is 30.5 Å². The number of carbonyl (C=O) groups is 2. The molecule has 0 bridgehead atoms. The van der Waals surface area contributed by atoms with Crippen molar-refractivity contribution in [3.63, 3.8) is 0 Å². The first-order valence-corrected chi connectivity index (χ1v) is 9.32. The average Bonchev–Trinajstić information content (AvgIpc) is 2.95. The van der Waals surface area contributed by atoms with Crippen LogP contribution >= 0.6 is 15.9 Å². The molecule has 28 heavy (non-hydrogen) atoms. The summed E-state index contributed by atoms with van der Waals surface area (Å²) in [4.78, 5) is 25.1. The highest BCUT2D eigenvalue weighted by atomic mass is 79.9. The second-order valence-corrected chi connectivity index (χ2v) is 6.80. The third kappa shape index (κ3) is 4.01. The zero-order valence-corrected chi connectivity index (χ0v) is 16.9. The molecule has 0 spiro atoms. The van der Waals surface area contributed by atoms with Crippen molar-refractivity contribution in [2.75, 3.05) is 13.7 Å². The topological polar surface area (TPSA) is 67.9 Å². The quantitative estimate of drug-likeness (QED) is 0.533. The minimum Gasteiger partial charge on any atom is -0.493 e. The summed E-state index contributed by atoms with van der Waals surface area (Å²) in [6.45, 7) is 2.05. The normalized spacial score (nSPS) is 15.1. The molecule has 0 atom stereocenters. The molecule has 1 fully saturated rings. The number of methoxy groups -OCH3 is 1. The highest BCUT2D eigenvalue weighted by Gasteiger charge is 2.32. The fraction of sp³-hybridized carbons (Fsp3) is 0.200. The average molecular weight is 449 g/mol. The minimum absolute atomic E-state index is 0.0376. The van der Waals surface area contributed by atoms with Gasteiger partial charge < -0.3 is 14.8 Å². The van der Waals surface area contributed by atoms with Gasteiger partial charge in [-0.2, -0.15) is 0 Å². The van der Waals surface area contributed by atoms with E-state index in [1.165, 1.54) is 13.2 Å². The van der Waals surface area contributed by atoms with Gasteiger partial charge in [-0.3, -0.25) is 9.69 Å². The first kappa shape index (κ1) is 19.9. The Morgan fingerprint density at radius 1 is 1.21 bits per heavy atom. The van der Waals surface area contributed by atoms with Crippen LogP contribution in [-0.2, 0) is 11.4 Å².